The smallest absolute Gasteiger partial charge is 0.123 e. The van der Waals surface area contributed by atoms with Crippen LogP contribution in [-0.2, 0) is 11.3 Å². The summed E-state index contributed by atoms with van der Waals surface area (Å²) in [5, 5.41) is 0. The highest BCUT2D eigenvalue weighted by Gasteiger charge is 2.24. The van der Waals surface area contributed by atoms with Gasteiger partial charge in [0.2, 0.25) is 0 Å². The van der Waals surface area contributed by atoms with E-state index in [4.69, 9.17) is 4.74 Å². The van der Waals surface area contributed by atoms with Crippen LogP contribution in [0.1, 0.15) is 43.9 Å². The summed E-state index contributed by atoms with van der Waals surface area (Å²) < 4.78 is 21.8. The van der Waals surface area contributed by atoms with Crippen molar-refractivity contribution >= 4 is 0 Å². The fraction of sp³-hybridized carbons (Fsp3) is 0.333. The topological polar surface area (TPSA) is 14.2 Å². The first-order chi connectivity index (χ1) is 14.5. The third-order valence-electron chi connectivity index (χ3n) is 5.72. The Morgan fingerprint density at radius 3 is 2.27 bits per heavy atom. The largest absolute Gasteiger partial charge is 0.381 e. The minimum absolute atomic E-state index is 0.131. The number of methoxy groups -OCH3 is 1. The first-order valence-corrected chi connectivity index (χ1v) is 10.7. The van der Waals surface area contributed by atoms with E-state index >= 15 is 0 Å². The standard InChI is InChI=1S/C27H32FNO/c1-6-10-24(30-5)17-18-29-26(19(2)3)20(4)25(21-11-8-7-9-12-21)27(29)22-13-15-23(28)16-14-22/h6-9,11-16,19,24H,1,10,17-18H2,2-5H3/t24-/m0/s1. The average Bonchev–Trinajstić information content (AvgIpc) is 3.04. The molecule has 0 unspecified atom stereocenters. The molecule has 1 aromatic heterocycles. The zero-order chi connectivity index (χ0) is 21.7. The molecular weight excluding hydrogens is 373 g/mol. The second-order valence-corrected chi connectivity index (χ2v) is 8.08. The molecule has 0 bridgehead atoms. The molecule has 0 saturated carbocycles. The molecule has 0 spiro atoms. The van der Waals surface area contributed by atoms with Gasteiger partial charge in [-0.15, -0.1) is 6.58 Å². The maximum absolute atomic E-state index is 13.7. The third-order valence-corrected chi connectivity index (χ3v) is 5.72. The van der Waals surface area contributed by atoms with Crippen molar-refractivity contribution in [3.63, 3.8) is 0 Å². The number of aromatic nitrogens is 1. The van der Waals surface area contributed by atoms with Gasteiger partial charge >= 0.3 is 0 Å². The summed E-state index contributed by atoms with van der Waals surface area (Å²) in [6, 6.07) is 17.3. The lowest BCUT2D eigenvalue weighted by molar-refractivity contribution is 0.0937. The summed E-state index contributed by atoms with van der Waals surface area (Å²) in [5.41, 5.74) is 7.20. The van der Waals surface area contributed by atoms with Crippen LogP contribution < -0.4 is 0 Å². The fourth-order valence-electron chi connectivity index (χ4n) is 4.40. The van der Waals surface area contributed by atoms with Crippen molar-refractivity contribution in [2.75, 3.05) is 7.11 Å². The van der Waals surface area contributed by atoms with E-state index in [2.05, 4.69) is 56.2 Å². The van der Waals surface area contributed by atoms with Crippen LogP contribution in [-0.4, -0.2) is 17.8 Å². The molecule has 30 heavy (non-hydrogen) atoms. The molecule has 2 nitrogen and oxygen atoms in total. The second-order valence-electron chi connectivity index (χ2n) is 8.08. The van der Waals surface area contributed by atoms with E-state index in [0.29, 0.717) is 5.92 Å². The van der Waals surface area contributed by atoms with Crippen molar-refractivity contribution in [2.24, 2.45) is 0 Å². The first-order valence-electron chi connectivity index (χ1n) is 10.7. The second kappa shape index (κ2) is 9.90. The first kappa shape index (κ1) is 22.0. The van der Waals surface area contributed by atoms with Crippen LogP contribution in [0.4, 0.5) is 4.39 Å². The zero-order valence-corrected chi connectivity index (χ0v) is 18.5. The van der Waals surface area contributed by atoms with Gasteiger partial charge in [-0.25, -0.2) is 4.39 Å². The fourth-order valence-corrected chi connectivity index (χ4v) is 4.40. The van der Waals surface area contributed by atoms with Crippen molar-refractivity contribution in [1.29, 1.82) is 0 Å². The van der Waals surface area contributed by atoms with Crippen molar-refractivity contribution in [3.05, 3.63) is 84.3 Å². The van der Waals surface area contributed by atoms with Crippen molar-refractivity contribution in [2.45, 2.75) is 52.2 Å². The van der Waals surface area contributed by atoms with Gasteiger partial charge in [0.15, 0.2) is 0 Å². The van der Waals surface area contributed by atoms with Crippen LogP contribution in [0, 0.1) is 12.7 Å². The summed E-state index contributed by atoms with van der Waals surface area (Å²) in [6.07, 6.45) is 3.75. The molecule has 1 heterocycles. The minimum atomic E-state index is -0.218. The summed E-state index contributed by atoms with van der Waals surface area (Å²) in [6.45, 7) is 11.4. The predicted molar refractivity (Wildman–Crippen MR) is 124 cm³/mol. The van der Waals surface area contributed by atoms with E-state index in [0.717, 1.165) is 30.6 Å². The van der Waals surface area contributed by atoms with Crippen LogP contribution in [0.5, 0.6) is 0 Å². The van der Waals surface area contributed by atoms with Crippen LogP contribution in [0.15, 0.2) is 67.3 Å². The zero-order valence-electron chi connectivity index (χ0n) is 18.5. The molecule has 2 aromatic carbocycles. The van der Waals surface area contributed by atoms with Crippen LogP contribution in [0.3, 0.4) is 0 Å². The summed E-state index contributed by atoms with van der Waals surface area (Å²) >= 11 is 0. The van der Waals surface area contributed by atoms with Gasteiger partial charge in [-0.05, 0) is 66.6 Å². The number of rotatable bonds is 9. The van der Waals surface area contributed by atoms with E-state index in [-0.39, 0.29) is 11.9 Å². The van der Waals surface area contributed by atoms with Gasteiger partial charge in [-0.2, -0.15) is 0 Å². The molecule has 158 valence electrons. The maximum atomic E-state index is 13.7. The lowest BCUT2D eigenvalue weighted by atomic mass is 9.96. The van der Waals surface area contributed by atoms with Crippen LogP contribution in [0.2, 0.25) is 0 Å². The summed E-state index contributed by atoms with van der Waals surface area (Å²) in [5.74, 6) is 0.145. The SMILES string of the molecule is C=CC[C@@H](CCn1c(-c2ccc(F)cc2)c(-c2ccccc2)c(C)c1C(C)C)OC. The van der Waals surface area contributed by atoms with Gasteiger partial charge in [-0.1, -0.05) is 50.3 Å². The number of halogens is 1. The van der Waals surface area contributed by atoms with Crippen LogP contribution in [0.25, 0.3) is 22.4 Å². The molecule has 0 amide bonds. The Morgan fingerprint density at radius 1 is 1.03 bits per heavy atom. The molecule has 3 heteroatoms. The Labute approximate surface area is 180 Å². The Hall–Kier alpha value is -2.65. The minimum Gasteiger partial charge on any atom is -0.381 e. The van der Waals surface area contributed by atoms with Gasteiger partial charge in [0.1, 0.15) is 5.82 Å². The third kappa shape index (κ3) is 4.57. The molecule has 0 N–H and O–H groups in total. The van der Waals surface area contributed by atoms with Gasteiger partial charge in [0, 0.05) is 24.9 Å². The summed E-state index contributed by atoms with van der Waals surface area (Å²) in [4.78, 5) is 0. The summed E-state index contributed by atoms with van der Waals surface area (Å²) in [7, 11) is 1.76. The van der Waals surface area contributed by atoms with E-state index in [1.165, 1.54) is 22.4 Å². The number of benzene rings is 2. The van der Waals surface area contributed by atoms with Crippen LogP contribution >= 0.6 is 0 Å². The van der Waals surface area contributed by atoms with Gasteiger partial charge in [0.25, 0.3) is 0 Å². The normalized spacial score (nSPS) is 12.3. The van der Waals surface area contributed by atoms with Crippen molar-refractivity contribution in [3.8, 4) is 22.4 Å². The lowest BCUT2D eigenvalue weighted by Crippen LogP contribution is -2.15. The quantitative estimate of drug-likeness (QED) is 0.339. The average molecular weight is 406 g/mol. The Morgan fingerprint density at radius 2 is 1.70 bits per heavy atom. The van der Waals surface area contributed by atoms with Crippen molar-refractivity contribution < 1.29 is 9.13 Å². The highest BCUT2D eigenvalue weighted by atomic mass is 19.1. The lowest BCUT2D eigenvalue weighted by Gasteiger charge is -2.20. The van der Waals surface area contributed by atoms with Crippen molar-refractivity contribution in [1.82, 2.24) is 4.57 Å². The maximum Gasteiger partial charge on any atom is 0.123 e. The Bertz CT molecular complexity index is 970. The number of nitrogens with zero attached hydrogens (tertiary/aromatic N) is 1. The van der Waals surface area contributed by atoms with Gasteiger partial charge < -0.3 is 9.30 Å². The number of ether oxygens (including phenoxy) is 1. The van der Waals surface area contributed by atoms with E-state index in [1.54, 1.807) is 19.2 Å². The highest BCUT2D eigenvalue weighted by Crippen LogP contribution is 2.41. The molecule has 0 radical (unpaired) electrons. The van der Waals surface area contributed by atoms with Gasteiger partial charge in [-0.3, -0.25) is 0 Å². The number of hydrogen-bond donors (Lipinski definition) is 0. The highest BCUT2D eigenvalue weighted by molar-refractivity contribution is 5.85. The van der Waals surface area contributed by atoms with E-state index < -0.39 is 0 Å². The molecular formula is C27H32FNO. The molecule has 0 fully saturated rings. The Kier molecular flexibility index (Phi) is 7.28. The Balaban J connectivity index is 2.22. The predicted octanol–water partition coefficient (Wildman–Crippen LogP) is 7.37. The molecule has 1 atom stereocenters. The van der Waals surface area contributed by atoms with E-state index in [1.807, 2.05) is 24.3 Å². The molecule has 0 saturated heterocycles. The molecule has 0 aliphatic rings. The monoisotopic (exact) mass is 405 g/mol. The molecule has 3 rings (SSSR count). The van der Waals surface area contributed by atoms with E-state index in [9.17, 15) is 4.39 Å². The molecule has 0 aliphatic heterocycles. The molecule has 3 aromatic rings. The molecule has 0 aliphatic carbocycles. The number of hydrogen-bond acceptors (Lipinski definition) is 1. The van der Waals surface area contributed by atoms with Gasteiger partial charge in [0.05, 0.1) is 11.8 Å².